The first-order chi connectivity index (χ1) is 3.31. The van der Waals surface area contributed by atoms with E-state index in [0.717, 1.165) is 6.08 Å². The van der Waals surface area contributed by atoms with E-state index < -0.39 is 5.97 Å². The number of hydrogen-bond acceptors (Lipinski definition) is 2. The maximum Gasteiger partial charge on any atom is 0.327 e. The molecule has 0 radical (unpaired) electrons. The molecule has 0 saturated heterocycles. The molecular formula is C5H7O2W-. The molecule has 0 bridgehead atoms. The molecule has 0 aliphatic carbocycles. The van der Waals surface area contributed by atoms with Gasteiger partial charge in [0, 0.05) is 27.1 Å². The molecule has 46 valence electrons. The molecule has 0 aliphatic heterocycles. The van der Waals surface area contributed by atoms with Crippen molar-refractivity contribution >= 4 is 5.97 Å². The van der Waals surface area contributed by atoms with E-state index in [2.05, 4.69) is 18.2 Å². The van der Waals surface area contributed by atoms with Crippen molar-refractivity contribution in [3.05, 3.63) is 19.6 Å². The van der Waals surface area contributed by atoms with Crippen LogP contribution in [0.5, 0.6) is 0 Å². The summed E-state index contributed by atoms with van der Waals surface area (Å²) in [5, 5.41) is 0. The Morgan fingerprint density at radius 1 is 1.88 bits per heavy atom. The summed E-state index contributed by atoms with van der Waals surface area (Å²) in [6.07, 6.45) is 1.10. The molecule has 2 nitrogen and oxygen atoms in total. The van der Waals surface area contributed by atoms with Crippen molar-refractivity contribution in [2.45, 2.75) is 0 Å². The van der Waals surface area contributed by atoms with Crippen LogP contribution in [-0.2, 0) is 30.6 Å². The van der Waals surface area contributed by atoms with Crippen molar-refractivity contribution in [1.82, 2.24) is 0 Å². The van der Waals surface area contributed by atoms with Crippen LogP contribution in [-0.4, -0.2) is 12.6 Å². The second-order valence-corrected chi connectivity index (χ2v) is 0.872. The molecule has 0 aliphatic rings. The van der Waals surface area contributed by atoms with Gasteiger partial charge in [0.15, 0.2) is 0 Å². The van der Waals surface area contributed by atoms with E-state index in [1.165, 1.54) is 0 Å². The van der Waals surface area contributed by atoms with Gasteiger partial charge in [-0.25, -0.2) is 4.79 Å². The summed E-state index contributed by atoms with van der Waals surface area (Å²) in [6, 6.07) is 0. The molecule has 0 atom stereocenters. The molecule has 0 spiro atoms. The van der Waals surface area contributed by atoms with Gasteiger partial charge in [0.2, 0.25) is 0 Å². The van der Waals surface area contributed by atoms with Crippen LogP contribution in [0.1, 0.15) is 0 Å². The zero-order valence-electron chi connectivity index (χ0n) is 4.42. The van der Waals surface area contributed by atoms with Crippen LogP contribution in [0.2, 0.25) is 0 Å². The van der Waals surface area contributed by atoms with E-state index in [0.29, 0.717) is 0 Å². The molecule has 0 saturated carbocycles. The van der Waals surface area contributed by atoms with E-state index in [-0.39, 0.29) is 27.7 Å². The van der Waals surface area contributed by atoms with Crippen LogP contribution in [0.4, 0.5) is 0 Å². The molecule has 0 aromatic carbocycles. The average molecular weight is 283 g/mol. The minimum Gasteiger partial charge on any atom is -0.496 e. The molecule has 0 aromatic rings. The first-order valence-electron chi connectivity index (χ1n) is 1.89. The predicted octanol–water partition coefficient (Wildman–Crippen LogP) is 0.547. The molecule has 0 aromatic heterocycles. The second-order valence-electron chi connectivity index (χ2n) is 0.872. The molecule has 0 unspecified atom stereocenters. The summed E-state index contributed by atoms with van der Waals surface area (Å²) in [6.45, 7) is 6.63. The third-order valence-electron chi connectivity index (χ3n) is 0.411. The van der Waals surface area contributed by atoms with Crippen molar-refractivity contribution in [3.63, 3.8) is 0 Å². The number of hydrogen-bond donors (Lipinski definition) is 0. The third kappa shape index (κ3) is 5.90. The minimum atomic E-state index is -0.421. The van der Waals surface area contributed by atoms with Gasteiger partial charge in [0.25, 0.3) is 0 Å². The van der Waals surface area contributed by atoms with Gasteiger partial charge < -0.3 is 11.7 Å². The SMILES string of the molecule is C=CC(=O)OC[CH2-].[W]. The molecule has 0 heterocycles. The Balaban J connectivity index is 0. The Morgan fingerprint density at radius 2 is 2.38 bits per heavy atom. The third-order valence-corrected chi connectivity index (χ3v) is 0.411. The number of ether oxygens (including phenoxy) is 1. The topological polar surface area (TPSA) is 26.3 Å². The monoisotopic (exact) mass is 283 g/mol. The summed E-state index contributed by atoms with van der Waals surface area (Å²) in [5.74, 6) is -0.421. The Kier molecular flexibility index (Phi) is 9.32. The molecule has 0 N–H and O–H groups in total. The zero-order chi connectivity index (χ0) is 5.70. The smallest absolute Gasteiger partial charge is 0.327 e. The molecule has 0 rings (SSSR count). The predicted molar refractivity (Wildman–Crippen MR) is 26.5 cm³/mol. The Morgan fingerprint density at radius 3 is 2.50 bits per heavy atom. The van der Waals surface area contributed by atoms with Crippen LogP contribution in [0.3, 0.4) is 0 Å². The second kappa shape index (κ2) is 6.90. The number of carbonyl (C=O) groups is 1. The van der Waals surface area contributed by atoms with Gasteiger partial charge >= 0.3 is 5.97 Å². The van der Waals surface area contributed by atoms with Crippen molar-refractivity contribution in [1.29, 1.82) is 0 Å². The summed E-state index contributed by atoms with van der Waals surface area (Å²) in [5.41, 5.74) is 0. The van der Waals surface area contributed by atoms with Gasteiger partial charge in [0.1, 0.15) is 0 Å². The normalized spacial score (nSPS) is 6.62. The van der Waals surface area contributed by atoms with Gasteiger partial charge in [-0.2, -0.15) is 0 Å². The quantitative estimate of drug-likeness (QED) is 0.420. The first-order valence-corrected chi connectivity index (χ1v) is 1.89. The summed E-state index contributed by atoms with van der Waals surface area (Å²) in [7, 11) is 0. The van der Waals surface area contributed by atoms with Gasteiger partial charge in [-0.1, -0.05) is 6.58 Å². The van der Waals surface area contributed by atoms with Crippen molar-refractivity contribution in [2.24, 2.45) is 0 Å². The standard InChI is InChI=1S/C5H7O2.W/c1-3-5(6)7-4-2;/h3H,1-2,4H2;/q-1;. The van der Waals surface area contributed by atoms with Crippen molar-refractivity contribution in [3.8, 4) is 0 Å². The van der Waals surface area contributed by atoms with Crippen LogP contribution in [0.15, 0.2) is 12.7 Å². The van der Waals surface area contributed by atoms with Gasteiger partial charge in [0.05, 0.1) is 0 Å². The van der Waals surface area contributed by atoms with E-state index in [1.54, 1.807) is 0 Å². The fourth-order valence-corrected chi connectivity index (χ4v) is 0.160. The molecule has 8 heavy (non-hydrogen) atoms. The number of esters is 1. The Bertz CT molecular complexity index is 80.5. The average Bonchev–Trinajstić information content (AvgIpc) is 1.68. The Hall–Kier alpha value is -0.102. The van der Waals surface area contributed by atoms with Crippen LogP contribution < -0.4 is 0 Å². The minimum absolute atomic E-state index is 0. The van der Waals surface area contributed by atoms with E-state index in [4.69, 9.17) is 0 Å². The van der Waals surface area contributed by atoms with Crippen LogP contribution in [0.25, 0.3) is 0 Å². The van der Waals surface area contributed by atoms with Gasteiger partial charge in [-0.15, -0.1) is 0 Å². The van der Waals surface area contributed by atoms with E-state index in [1.807, 2.05) is 0 Å². The van der Waals surface area contributed by atoms with Crippen LogP contribution in [0, 0.1) is 6.92 Å². The summed E-state index contributed by atoms with van der Waals surface area (Å²) >= 11 is 0. The molecule has 0 fully saturated rings. The van der Waals surface area contributed by atoms with Gasteiger partial charge in [-0.05, 0) is 6.61 Å². The van der Waals surface area contributed by atoms with Crippen LogP contribution >= 0.6 is 0 Å². The van der Waals surface area contributed by atoms with E-state index in [9.17, 15) is 4.79 Å². The van der Waals surface area contributed by atoms with Gasteiger partial charge in [-0.3, -0.25) is 0 Å². The molecule has 0 amide bonds. The fraction of sp³-hybridized carbons (Fsp3) is 0.200. The molecule has 3 heteroatoms. The van der Waals surface area contributed by atoms with E-state index >= 15 is 0 Å². The Labute approximate surface area is 63.2 Å². The number of carbonyl (C=O) groups excluding carboxylic acids is 1. The van der Waals surface area contributed by atoms with Crippen molar-refractivity contribution in [2.75, 3.05) is 6.61 Å². The summed E-state index contributed by atoms with van der Waals surface area (Å²) in [4.78, 5) is 10.0. The van der Waals surface area contributed by atoms with Crippen molar-refractivity contribution < 1.29 is 30.6 Å². The first kappa shape index (κ1) is 10.8. The molecular weight excluding hydrogens is 276 g/mol. The fourth-order valence-electron chi connectivity index (χ4n) is 0.160. The maximum atomic E-state index is 10.0. The maximum absolute atomic E-state index is 10.0. The summed E-state index contributed by atoms with van der Waals surface area (Å²) < 4.78 is 4.32. The number of rotatable bonds is 2. The largest absolute Gasteiger partial charge is 0.496 e. The zero-order valence-corrected chi connectivity index (χ0v) is 7.36.